The van der Waals surface area contributed by atoms with Crippen molar-refractivity contribution in [3.63, 3.8) is 0 Å². The molecule has 1 aromatic heterocycles. The second-order valence-corrected chi connectivity index (χ2v) is 9.01. The Morgan fingerprint density at radius 2 is 1.82 bits per heavy atom. The number of aromatic nitrogens is 1. The van der Waals surface area contributed by atoms with E-state index in [1.54, 1.807) is 25.2 Å². The van der Waals surface area contributed by atoms with Gasteiger partial charge in [-0.3, -0.25) is 9.10 Å². The summed E-state index contributed by atoms with van der Waals surface area (Å²) in [6.07, 6.45) is 1.98. The maximum Gasteiger partial charge on any atom is 0.303 e. The Bertz CT molecular complexity index is 1180. The van der Waals surface area contributed by atoms with Crippen molar-refractivity contribution in [2.75, 3.05) is 29.8 Å². The molecular weight excluding hydrogens is 376 g/mol. The first-order valence-electron chi connectivity index (χ1n) is 8.98. The van der Waals surface area contributed by atoms with Crippen LogP contribution < -0.4 is 9.62 Å². The maximum atomic E-state index is 12.7. The third-order valence-electron chi connectivity index (χ3n) is 5.18. The molecule has 2 aromatic carbocycles. The number of benzene rings is 2. The van der Waals surface area contributed by atoms with Crippen molar-refractivity contribution in [2.24, 2.45) is 7.05 Å². The minimum Gasteiger partial charge on any atom is -0.350 e. The van der Waals surface area contributed by atoms with E-state index in [2.05, 4.69) is 5.32 Å². The van der Waals surface area contributed by atoms with Crippen LogP contribution in [0.15, 0.2) is 48.7 Å². The molecule has 0 saturated carbocycles. The summed E-state index contributed by atoms with van der Waals surface area (Å²) in [5.41, 5.74) is 3.56. The van der Waals surface area contributed by atoms with Gasteiger partial charge < -0.3 is 9.88 Å². The topological polar surface area (TPSA) is 74.7 Å². The third-order valence-corrected chi connectivity index (χ3v) is 7.10. The van der Waals surface area contributed by atoms with Crippen LogP contribution in [-0.4, -0.2) is 43.3 Å². The van der Waals surface area contributed by atoms with E-state index in [1.165, 1.54) is 8.61 Å². The quantitative estimate of drug-likeness (QED) is 0.737. The molecule has 0 bridgehead atoms. The number of amides is 1. The molecular formula is C20H22N4O3S. The van der Waals surface area contributed by atoms with Gasteiger partial charge >= 0.3 is 10.2 Å². The van der Waals surface area contributed by atoms with Gasteiger partial charge in [0, 0.05) is 50.1 Å². The van der Waals surface area contributed by atoms with Crippen LogP contribution in [0.4, 0.5) is 11.4 Å². The zero-order chi connectivity index (χ0) is 20.1. The molecule has 0 aliphatic carbocycles. The number of hydrogen-bond donors (Lipinski definition) is 1. The van der Waals surface area contributed by atoms with Gasteiger partial charge in [0.2, 0.25) is 0 Å². The standard InChI is InChI=1S/C20H22N4O3S/c1-14-12-17(24-11-10-23(3)28(24,26)27)6-7-18(14)20(25)21-16-5-4-15-8-9-22(2)19(15)13-16/h4-9,12-13H,10-11H2,1-3H3,(H,21,25). The lowest BCUT2D eigenvalue weighted by Crippen LogP contribution is -2.30. The lowest BCUT2D eigenvalue weighted by atomic mass is 10.1. The van der Waals surface area contributed by atoms with E-state index in [-0.39, 0.29) is 5.91 Å². The first kappa shape index (κ1) is 18.5. The van der Waals surface area contributed by atoms with Gasteiger partial charge in [0.15, 0.2) is 0 Å². The van der Waals surface area contributed by atoms with Crippen molar-refractivity contribution in [3.8, 4) is 0 Å². The van der Waals surface area contributed by atoms with Gasteiger partial charge in [0.25, 0.3) is 5.91 Å². The number of carbonyl (C=O) groups excluding carboxylic acids is 1. The molecule has 1 aliphatic rings. The molecule has 0 atom stereocenters. The van der Waals surface area contributed by atoms with Crippen molar-refractivity contribution < 1.29 is 13.2 Å². The summed E-state index contributed by atoms with van der Waals surface area (Å²) in [5, 5.41) is 4.04. The number of anilines is 2. The average molecular weight is 398 g/mol. The van der Waals surface area contributed by atoms with Gasteiger partial charge in [0.05, 0.1) is 5.69 Å². The highest BCUT2D eigenvalue weighted by atomic mass is 32.2. The highest BCUT2D eigenvalue weighted by Gasteiger charge is 2.34. The summed E-state index contributed by atoms with van der Waals surface area (Å²) < 4.78 is 29.4. The molecule has 146 valence electrons. The third kappa shape index (κ3) is 3.04. The fourth-order valence-electron chi connectivity index (χ4n) is 3.49. The number of carbonyl (C=O) groups is 1. The zero-order valence-electron chi connectivity index (χ0n) is 16.0. The zero-order valence-corrected chi connectivity index (χ0v) is 16.8. The lowest BCUT2D eigenvalue weighted by molar-refractivity contribution is 0.102. The molecule has 28 heavy (non-hydrogen) atoms. The van der Waals surface area contributed by atoms with E-state index in [4.69, 9.17) is 0 Å². The molecule has 7 nitrogen and oxygen atoms in total. The maximum absolute atomic E-state index is 12.7. The Balaban J connectivity index is 1.58. The summed E-state index contributed by atoms with van der Waals surface area (Å²) in [6.45, 7) is 2.66. The Labute approximate surface area is 164 Å². The normalized spacial score (nSPS) is 16.6. The SMILES string of the molecule is Cc1cc(N2CCN(C)S2(=O)=O)ccc1C(=O)Nc1ccc2ccn(C)c2c1. The van der Waals surface area contributed by atoms with E-state index in [1.807, 2.05) is 49.0 Å². The van der Waals surface area contributed by atoms with Crippen molar-refractivity contribution in [2.45, 2.75) is 6.92 Å². The molecule has 4 rings (SSSR count). The van der Waals surface area contributed by atoms with E-state index >= 15 is 0 Å². The lowest BCUT2D eigenvalue weighted by Gasteiger charge is -2.19. The van der Waals surface area contributed by atoms with Gasteiger partial charge in [-0.1, -0.05) is 6.07 Å². The highest BCUT2D eigenvalue weighted by Crippen LogP contribution is 2.27. The largest absolute Gasteiger partial charge is 0.350 e. The van der Waals surface area contributed by atoms with Crippen LogP contribution in [0.5, 0.6) is 0 Å². The smallest absolute Gasteiger partial charge is 0.303 e. The summed E-state index contributed by atoms with van der Waals surface area (Å²) in [5.74, 6) is -0.223. The molecule has 1 amide bonds. The second kappa shape index (κ2) is 6.65. The van der Waals surface area contributed by atoms with Gasteiger partial charge in [-0.15, -0.1) is 0 Å². The van der Waals surface area contributed by atoms with Crippen LogP contribution in [0.1, 0.15) is 15.9 Å². The number of aryl methyl sites for hydroxylation is 2. The molecule has 0 spiro atoms. The minimum atomic E-state index is -3.47. The molecule has 1 N–H and O–H groups in total. The first-order valence-corrected chi connectivity index (χ1v) is 10.4. The Morgan fingerprint density at radius 3 is 2.50 bits per heavy atom. The first-order chi connectivity index (χ1) is 13.3. The fourth-order valence-corrected chi connectivity index (χ4v) is 4.83. The number of likely N-dealkylation sites (N-methyl/N-ethyl adjacent to an activating group) is 1. The van der Waals surface area contributed by atoms with Gasteiger partial charge in [-0.05, 0) is 54.3 Å². The summed E-state index contributed by atoms with van der Waals surface area (Å²) in [6, 6.07) is 12.9. The Kier molecular flexibility index (Phi) is 4.40. The second-order valence-electron chi connectivity index (χ2n) is 7.06. The number of fused-ring (bicyclic) bond motifs is 1. The van der Waals surface area contributed by atoms with Crippen LogP contribution in [0, 0.1) is 6.92 Å². The van der Waals surface area contributed by atoms with Crippen LogP contribution in [0.2, 0.25) is 0 Å². The summed E-state index contributed by atoms with van der Waals surface area (Å²) in [7, 11) is 0.0492. The van der Waals surface area contributed by atoms with Crippen molar-refractivity contribution in [1.29, 1.82) is 0 Å². The van der Waals surface area contributed by atoms with E-state index in [9.17, 15) is 13.2 Å². The predicted octanol–water partition coefficient (Wildman–Crippen LogP) is 2.74. The van der Waals surface area contributed by atoms with Gasteiger partial charge in [-0.25, -0.2) is 0 Å². The predicted molar refractivity (Wildman–Crippen MR) is 111 cm³/mol. The van der Waals surface area contributed by atoms with Crippen molar-refractivity contribution >= 4 is 38.4 Å². The van der Waals surface area contributed by atoms with E-state index in [0.717, 1.165) is 16.5 Å². The molecule has 8 heteroatoms. The molecule has 2 heterocycles. The number of hydrogen-bond acceptors (Lipinski definition) is 3. The molecule has 3 aromatic rings. The molecule has 1 aliphatic heterocycles. The Morgan fingerprint density at radius 1 is 1.04 bits per heavy atom. The van der Waals surface area contributed by atoms with Crippen LogP contribution in [0.25, 0.3) is 10.9 Å². The number of rotatable bonds is 3. The van der Waals surface area contributed by atoms with Crippen molar-refractivity contribution in [1.82, 2.24) is 8.87 Å². The Hall–Kier alpha value is -2.84. The molecule has 0 radical (unpaired) electrons. The summed E-state index contributed by atoms with van der Waals surface area (Å²) in [4.78, 5) is 12.7. The van der Waals surface area contributed by atoms with E-state index in [0.29, 0.717) is 30.0 Å². The van der Waals surface area contributed by atoms with Gasteiger partial charge in [-0.2, -0.15) is 12.7 Å². The summed E-state index contributed by atoms with van der Waals surface area (Å²) >= 11 is 0. The van der Waals surface area contributed by atoms with Crippen molar-refractivity contribution in [3.05, 3.63) is 59.8 Å². The number of nitrogens with one attached hydrogen (secondary N) is 1. The fraction of sp³-hybridized carbons (Fsp3) is 0.250. The van der Waals surface area contributed by atoms with E-state index < -0.39 is 10.2 Å². The van der Waals surface area contributed by atoms with Crippen LogP contribution in [0.3, 0.4) is 0 Å². The molecule has 1 saturated heterocycles. The highest BCUT2D eigenvalue weighted by molar-refractivity contribution is 7.90. The molecule has 1 fully saturated rings. The monoisotopic (exact) mass is 398 g/mol. The van der Waals surface area contributed by atoms with Crippen LogP contribution >= 0.6 is 0 Å². The van der Waals surface area contributed by atoms with Gasteiger partial charge in [0.1, 0.15) is 0 Å². The number of nitrogens with zero attached hydrogens (tertiary/aromatic N) is 3. The van der Waals surface area contributed by atoms with Crippen LogP contribution in [-0.2, 0) is 17.3 Å². The average Bonchev–Trinajstić information content (AvgIpc) is 3.14. The minimum absolute atomic E-state index is 0.223. The molecule has 0 unspecified atom stereocenters.